The van der Waals surface area contributed by atoms with Gasteiger partial charge in [-0.25, -0.2) is 9.78 Å². The summed E-state index contributed by atoms with van der Waals surface area (Å²) in [6.45, 7) is 0. The molecule has 0 unspecified atom stereocenters. The van der Waals surface area contributed by atoms with Gasteiger partial charge in [-0.3, -0.25) is 0 Å². The van der Waals surface area contributed by atoms with Crippen molar-refractivity contribution >= 4 is 6.09 Å². The fourth-order valence-corrected chi connectivity index (χ4v) is 5.60. The Morgan fingerprint density at radius 2 is 2.04 bits per heavy atom. The zero-order chi connectivity index (χ0) is 17.9. The number of hydrogen-bond donors (Lipinski definition) is 3. The van der Waals surface area contributed by atoms with Crippen LogP contribution in [0, 0.1) is 11.3 Å². The number of fused-ring (bicyclic) bond motifs is 3. The van der Waals surface area contributed by atoms with E-state index < -0.39 is 6.09 Å². The largest absolute Gasteiger partial charge is 0.465 e. The third-order valence-electron chi connectivity index (χ3n) is 6.91. The van der Waals surface area contributed by atoms with Crippen LogP contribution in [0.5, 0.6) is 0 Å². The molecular weight excluding hydrogens is 330 g/mol. The van der Waals surface area contributed by atoms with E-state index in [4.69, 9.17) is 5.11 Å². The average Bonchev–Trinajstić information content (AvgIpc) is 3.22. The van der Waals surface area contributed by atoms with E-state index in [1.54, 1.807) is 0 Å². The highest BCUT2D eigenvalue weighted by atomic mass is 16.4. The number of aliphatic hydroxyl groups excluding tert-OH is 1. The van der Waals surface area contributed by atoms with Crippen LogP contribution in [0.3, 0.4) is 0 Å². The van der Waals surface area contributed by atoms with Crippen LogP contribution in [0.15, 0.2) is 36.8 Å². The number of benzene rings is 1. The molecule has 1 amide bonds. The molecule has 1 aromatic heterocycles. The van der Waals surface area contributed by atoms with Gasteiger partial charge in [-0.2, -0.15) is 0 Å². The number of carboxylic acid groups (broad SMARTS) is 1. The molecule has 3 N–H and O–H groups in total. The number of imidazole rings is 1. The van der Waals surface area contributed by atoms with Crippen molar-refractivity contribution in [1.82, 2.24) is 14.9 Å². The van der Waals surface area contributed by atoms with Crippen LogP contribution in [0.4, 0.5) is 4.79 Å². The summed E-state index contributed by atoms with van der Waals surface area (Å²) in [5, 5.41) is 22.6. The van der Waals surface area contributed by atoms with E-state index in [1.807, 2.05) is 18.6 Å². The summed E-state index contributed by atoms with van der Waals surface area (Å²) in [6, 6.07) is 8.59. The third kappa shape index (κ3) is 2.14. The van der Waals surface area contributed by atoms with E-state index in [1.165, 1.54) is 11.1 Å². The monoisotopic (exact) mass is 353 g/mol. The molecule has 2 aliphatic carbocycles. The molecule has 1 aromatic carbocycles. The number of aliphatic hydroxyl groups is 1. The van der Waals surface area contributed by atoms with E-state index in [0.29, 0.717) is 0 Å². The smallest absolute Gasteiger partial charge is 0.404 e. The zero-order valence-electron chi connectivity index (χ0n) is 14.5. The predicted octanol–water partition coefficient (Wildman–Crippen LogP) is 3.03. The van der Waals surface area contributed by atoms with Gasteiger partial charge in [0.2, 0.25) is 0 Å². The van der Waals surface area contributed by atoms with Crippen LogP contribution in [0.2, 0.25) is 0 Å². The number of nitrogens with one attached hydrogen (secondary N) is 1. The van der Waals surface area contributed by atoms with E-state index in [2.05, 4.69) is 33.1 Å². The fourth-order valence-electron chi connectivity index (χ4n) is 5.60. The molecule has 1 aliphatic heterocycles. The molecule has 6 heteroatoms. The SMILES string of the molecule is O=C(O)NC1CCC2(CC1)C[C@@H]([C@@H]1c3ccccc3-c3cncn31)[C@H]2O. The molecular formula is C20H23N3O3. The molecule has 2 fully saturated rings. The minimum absolute atomic E-state index is 0.0248. The number of nitrogens with zero attached hydrogens (tertiary/aromatic N) is 2. The van der Waals surface area contributed by atoms with Crippen LogP contribution in [-0.2, 0) is 0 Å². The van der Waals surface area contributed by atoms with Gasteiger partial charge in [-0.15, -0.1) is 0 Å². The Bertz CT molecular complexity index is 853. The average molecular weight is 353 g/mol. The lowest BCUT2D eigenvalue weighted by atomic mass is 9.51. The first-order chi connectivity index (χ1) is 12.6. The second-order valence-electron chi connectivity index (χ2n) is 8.12. The van der Waals surface area contributed by atoms with E-state index in [0.717, 1.165) is 37.8 Å². The summed E-state index contributed by atoms with van der Waals surface area (Å²) in [5.74, 6) is 0.190. The second kappa shape index (κ2) is 5.58. The molecule has 2 aromatic rings. The van der Waals surface area contributed by atoms with E-state index in [-0.39, 0.29) is 29.5 Å². The summed E-state index contributed by atoms with van der Waals surface area (Å²) >= 11 is 0. The highest BCUT2D eigenvalue weighted by Gasteiger charge is 2.57. The first-order valence-corrected chi connectivity index (χ1v) is 9.38. The summed E-state index contributed by atoms with van der Waals surface area (Å²) in [4.78, 5) is 15.2. The zero-order valence-corrected chi connectivity index (χ0v) is 14.5. The van der Waals surface area contributed by atoms with Crippen molar-refractivity contribution in [2.75, 3.05) is 0 Å². The minimum Gasteiger partial charge on any atom is -0.465 e. The minimum atomic E-state index is -0.951. The maximum absolute atomic E-state index is 11.1. The van der Waals surface area contributed by atoms with Gasteiger partial charge in [0, 0.05) is 17.5 Å². The van der Waals surface area contributed by atoms with Crippen LogP contribution < -0.4 is 5.32 Å². The molecule has 136 valence electrons. The topological polar surface area (TPSA) is 87.4 Å². The van der Waals surface area contributed by atoms with Crippen LogP contribution in [-0.4, -0.2) is 38.0 Å². The molecule has 0 saturated heterocycles. The number of amides is 1. The number of rotatable bonds is 2. The van der Waals surface area contributed by atoms with Gasteiger partial charge in [0.05, 0.1) is 30.4 Å². The Labute approximate surface area is 151 Å². The maximum Gasteiger partial charge on any atom is 0.404 e. The van der Waals surface area contributed by atoms with Gasteiger partial charge in [-0.05, 0) is 43.1 Å². The van der Waals surface area contributed by atoms with E-state index >= 15 is 0 Å². The number of carbonyl (C=O) groups is 1. The van der Waals surface area contributed by atoms with Crippen LogP contribution >= 0.6 is 0 Å². The van der Waals surface area contributed by atoms with Crippen LogP contribution in [0.1, 0.15) is 43.7 Å². The van der Waals surface area contributed by atoms with Gasteiger partial charge in [0.1, 0.15) is 0 Å². The molecule has 2 saturated carbocycles. The quantitative estimate of drug-likeness (QED) is 0.774. The molecule has 0 radical (unpaired) electrons. The fraction of sp³-hybridized carbons (Fsp3) is 0.500. The molecule has 6 nitrogen and oxygen atoms in total. The Kier molecular flexibility index (Phi) is 3.41. The van der Waals surface area contributed by atoms with Gasteiger partial charge in [-0.1, -0.05) is 24.3 Å². The van der Waals surface area contributed by atoms with Gasteiger partial charge >= 0.3 is 6.09 Å². The van der Waals surface area contributed by atoms with Crippen molar-refractivity contribution < 1.29 is 15.0 Å². The lowest BCUT2D eigenvalue weighted by Gasteiger charge is -2.57. The van der Waals surface area contributed by atoms with Crippen molar-refractivity contribution in [3.05, 3.63) is 42.4 Å². The highest BCUT2D eigenvalue weighted by molar-refractivity contribution is 5.69. The summed E-state index contributed by atoms with van der Waals surface area (Å²) in [5.41, 5.74) is 3.59. The Morgan fingerprint density at radius 1 is 1.27 bits per heavy atom. The lowest BCUT2D eigenvalue weighted by molar-refractivity contribution is -0.152. The van der Waals surface area contributed by atoms with Crippen LogP contribution in [0.25, 0.3) is 11.3 Å². The van der Waals surface area contributed by atoms with Gasteiger partial charge < -0.3 is 20.1 Å². The van der Waals surface area contributed by atoms with Crippen molar-refractivity contribution in [2.45, 2.75) is 50.3 Å². The number of hydrogen-bond acceptors (Lipinski definition) is 3. The predicted molar refractivity (Wildman–Crippen MR) is 95.8 cm³/mol. The molecule has 1 spiro atoms. The Hall–Kier alpha value is -2.34. The highest BCUT2D eigenvalue weighted by Crippen LogP contribution is 2.60. The van der Waals surface area contributed by atoms with Crippen molar-refractivity contribution in [3.63, 3.8) is 0 Å². The Balaban J connectivity index is 1.36. The van der Waals surface area contributed by atoms with E-state index in [9.17, 15) is 9.90 Å². The standard InChI is InChI=1S/C20H23N3O3/c24-18-15(9-20(18)7-5-12(6-8-20)22-19(25)26)17-14-4-2-1-3-13(14)16-10-21-11-23(16)17/h1-4,10-12,15,17-18,22,24H,5-9H2,(H,25,26)/t12?,15-,17-,18+,20?/m0/s1. The van der Waals surface area contributed by atoms with Crippen molar-refractivity contribution in [2.24, 2.45) is 11.3 Å². The lowest BCUT2D eigenvalue weighted by Crippen LogP contribution is -2.57. The second-order valence-corrected chi connectivity index (χ2v) is 8.12. The molecule has 26 heavy (non-hydrogen) atoms. The van der Waals surface area contributed by atoms with Gasteiger partial charge in [0.25, 0.3) is 0 Å². The van der Waals surface area contributed by atoms with Crippen molar-refractivity contribution in [3.8, 4) is 11.3 Å². The van der Waals surface area contributed by atoms with Crippen molar-refractivity contribution in [1.29, 1.82) is 0 Å². The molecule has 2 heterocycles. The molecule has 5 rings (SSSR count). The molecule has 0 bridgehead atoms. The summed E-state index contributed by atoms with van der Waals surface area (Å²) in [6.07, 6.45) is 6.88. The third-order valence-corrected chi connectivity index (χ3v) is 6.91. The summed E-state index contributed by atoms with van der Waals surface area (Å²) in [7, 11) is 0. The first-order valence-electron chi connectivity index (χ1n) is 9.38. The molecule has 3 atom stereocenters. The maximum atomic E-state index is 11.1. The Morgan fingerprint density at radius 3 is 2.77 bits per heavy atom. The molecule has 3 aliphatic rings. The van der Waals surface area contributed by atoms with Gasteiger partial charge in [0.15, 0.2) is 0 Å². The number of aromatic nitrogens is 2. The normalized spacial score (nSPS) is 34.8. The summed E-state index contributed by atoms with van der Waals surface area (Å²) < 4.78 is 2.21. The first kappa shape index (κ1) is 15.9.